The van der Waals surface area contributed by atoms with E-state index in [4.69, 9.17) is 10.5 Å². The van der Waals surface area contributed by atoms with Gasteiger partial charge in [0.1, 0.15) is 0 Å². The highest BCUT2D eigenvalue weighted by Gasteiger charge is 2.41. The highest BCUT2D eigenvalue weighted by molar-refractivity contribution is 7.99. The lowest BCUT2D eigenvalue weighted by Gasteiger charge is -2.46. The number of hydrogen-bond donors (Lipinski definition) is 1. The first kappa shape index (κ1) is 11.7. The average molecular weight is 230 g/mol. The van der Waals surface area contributed by atoms with E-state index in [2.05, 4.69) is 18.7 Å². The molecular formula is C11H22N2OS. The van der Waals surface area contributed by atoms with Crippen LogP contribution in [0.3, 0.4) is 0 Å². The third-order valence-corrected chi connectivity index (χ3v) is 4.79. The lowest BCUT2D eigenvalue weighted by molar-refractivity contribution is -0.0958. The van der Waals surface area contributed by atoms with Crippen molar-refractivity contribution in [2.75, 3.05) is 31.1 Å². The predicted molar refractivity (Wildman–Crippen MR) is 65.3 cm³/mol. The number of rotatable bonds is 2. The summed E-state index contributed by atoms with van der Waals surface area (Å²) in [6.45, 7) is 7.20. The quantitative estimate of drug-likeness (QED) is 0.766. The van der Waals surface area contributed by atoms with Gasteiger partial charge < -0.3 is 10.5 Å². The molecule has 15 heavy (non-hydrogen) atoms. The molecular weight excluding hydrogens is 208 g/mol. The number of thioether (sulfide) groups is 1. The molecule has 0 bridgehead atoms. The van der Waals surface area contributed by atoms with Gasteiger partial charge in [-0.1, -0.05) is 0 Å². The fourth-order valence-corrected chi connectivity index (χ4v) is 4.19. The number of ether oxygens (including phenoxy) is 1. The summed E-state index contributed by atoms with van der Waals surface area (Å²) >= 11 is 2.04. The molecule has 0 spiro atoms. The maximum Gasteiger partial charge on any atom is 0.0678 e. The van der Waals surface area contributed by atoms with Crippen molar-refractivity contribution in [2.24, 2.45) is 5.73 Å². The summed E-state index contributed by atoms with van der Waals surface area (Å²) in [5.41, 5.74) is 6.26. The molecule has 2 aliphatic rings. The number of nitrogens with two attached hydrogens (primary N) is 1. The van der Waals surface area contributed by atoms with Crippen molar-refractivity contribution in [1.29, 1.82) is 0 Å². The Labute approximate surface area is 96.7 Å². The van der Waals surface area contributed by atoms with Gasteiger partial charge >= 0.3 is 0 Å². The Morgan fingerprint density at radius 3 is 2.53 bits per heavy atom. The molecule has 2 N–H and O–H groups in total. The highest BCUT2D eigenvalue weighted by atomic mass is 32.2. The second kappa shape index (κ2) is 4.62. The molecule has 0 aromatic carbocycles. The smallest absolute Gasteiger partial charge is 0.0678 e. The van der Waals surface area contributed by atoms with Crippen molar-refractivity contribution >= 4 is 11.8 Å². The Kier molecular flexibility index (Phi) is 3.60. The normalized spacial score (nSPS) is 43.4. The number of morpholine rings is 1. The van der Waals surface area contributed by atoms with Gasteiger partial charge in [0.15, 0.2) is 0 Å². The van der Waals surface area contributed by atoms with Crippen molar-refractivity contribution in [3.8, 4) is 0 Å². The van der Waals surface area contributed by atoms with Crippen LogP contribution < -0.4 is 5.73 Å². The third-order valence-electron chi connectivity index (χ3n) is 3.55. The topological polar surface area (TPSA) is 38.5 Å². The SMILES string of the molecule is C[C@@H]1CN(C2(CN)CCSC2)C[C@H](C)O1. The van der Waals surface area contributed by atoms with Gasteiger partial charge in [0.2, 0.25) is 0 Å². The minimum atomic E-state index is 0.261. The molecule has 2 rings (SSSR count). The van der Waals surface area contributed by atoms with Gasteiger partial charge in [-0.15, -0.1) is 0 Å². The van der Waals surface area contributed by atoms with Crippen LogP contribution >= 0.6 is 11.8 Å². The van der Waals surface area contributed by atoms with Crippen molar-refractivity contribution in [3.63, 3.8) is 0 Å². The summed E-state index contributed by atoms with van der Waals surface area (Å²) in [5, 5.41) is 0. The van der Waals surface area contributed by atoms with Crippen LogP contribution in [-0.2, 0) is 4.74 Å². The van der Waals surface area contributed by atoms with E-state index in [0.29, 0.717) is 12.2 Å². The van der Waals surface area contributed by atoms with E-state index in [9.17, 15) is 0 Å². The highest BCUT2D eigenvalue weighted by Crippen LogP contribution is 2.34. The largest absolute Gasteiger partial charge is 0.373 e. The summed E-state index contributed by atoms with van der Waals surface area (Å²) < 4.78 is 5.78. The summed E-state index contributed by atoms with van der Waals surface area (Å²) in [4.78, 5) is 2.58. The minimum Gasteiger partial charge on any atom is -0.373 e. The number of hydrogen-bond acceptors (Lipinski definition) is 4. The van der Waals surface area contributed by atoms with E-state index in [1.807, 2.05) is 11.8 Å². The Bertz CT molecular complexity index is 209. The van der Waals surface area contributed by atoms with Crippen molar-refractivity contribution < 1.29 is 4.74 Å². The van der Waals surface area contributed by atoms with E-state index in [-0.39, 0.29) is 5.54 Å². The molecule has 0 saturated carbocycles. The molecule has 2 aliphatic heterocycles. The van der Waals surface area contributed by atoms with Gasteiger partial charge in [0.25, 0.3) is 0 Å². The average Bonchev–Trinajstić information content (AvgIpc) is 2.65. The molecule has 4 heteroatoms. The van der Waals surface area contributed by atoms with Crippen molar-refractivity contribution in [1.82, 2.24) is 4.90 Å². The van der Waals surface area contributed by atoms with Crippen LogP contribution in [0.5, 0.6) is 0 Å². The van der Waals surface area contributed by atoms with Gasteiger partial charge in [0.05, 0.1) is 12.2 Å². The Hall–Kier alpha value is 0.230. The zero-order valence-electron chi connectivity index (χ0n) is 9.74. The molecule has 0 amide bonds. The molecule has 3 atom stereocenters. The van der Waals surface area contributed by atoms with Gasteiger partial charge in [-0.2, -0.15) is 11.8 Å². The Balaban J connectivity index is 2.07. The predicted octanol–water partition coefficient (Wildman–Crippen LogP) is 0.930. The summed E-state index contributed by atoms with van der Waals surface area (Å²) in [6, 6.07) is 0. The number of nitrogens with zero attached hydrogens (tertiary/aromatic N) is 1. The molecule has 88 valence electrons. The second-order valence-electron chi connectivity index (χ2n) is 4.89. The minimum absolute atomic E-state index is 0.261. The zero-order valence-corrected chi connectivity index (χ0v) is 10.6. The molecule has 0 aromatic rings. The first-order valence-electron chi connectivity index (χ1n) is 5.84. The van der Waals surface area contributed by atoms with Crippen LogP contribution in [-0.4, -0.2) is 53.8 Å². The Morgan fingerprint density at radius 2 is 2.07 bits per heavy atom. The molecule has 2 fully saturated rings. The molecule has 2 saturated heterocycles. The summed E-state index contributed by atoms with van der Waals surface area (Å²) in [6.07, 6.45) is 1.94. The summed E-state index contributed by atoms with van der Waals surface area (Å²) in [5.74, 6) is 2.46. The lowest BCUT2D eigenvalue weighted by atomic mass is 9.94. The standard InChI is InChI=1S/C11H22N2OS/c1-9-5-13(6-10(2)14-9)11(7-12)3-4-15-8-11/h9-10H,3-8,12H2,1-2H3/t9-,10+,11?. The third kappa shape index (κ3) is 2.33. The van der Waals surface area contributed by atoms with Crippen LogP contribution in [0.15, 0.2) is 0 Å². The van der Waals surface area contributed by atoms with Crippen LogP contribution in [0.2, 0.25) is 0 Å². The van der Waals surface area contributed by atoms with Crippen LogP contribution in [0, 0.1) is 0 Å². The molecule has 1 unspecified atom stereocenters. The van der Waals surface area contributed by atoms with Crippen molar-refractivity contribution in [3.05, 3.63) is 0 Å². The van der Waals surface area contributed by atoms with E-state index in [1.165, 1.54) is 17.9 Å². The molecule has 2 heterocycles. The van der Waals surface area contributed by atoms with E-state index < -0.39 is 0 Å². The first-order valence-corrected chi connectivity index (χ1v) is 7.00. The van der Waals surface area contributed by atoms with E-state index >= 15 is 0 Å². The van der Waals surface area contributed by atoms with Crippen LogP contribution in [0.25, 0.3) is 0 Å². The van der Waals surface area contributed by atoms with Crippen LogP contribution in [0.1, 0.15) is 20.3 Å². The maximum absolute atomic E-state index is 5.99. The lowest BCUT2D eigenvalue weighted by Crippen LogP contribution is -2.60. The van der Waals surface area contributed by atoms with Gasteiger partial charge in [-0.3, -0.25) is 4.90 Å². The molecule has 0 aromatic heterocycles. The van der Waals surface area contributed by atoms with Crippen molar-refractivity contribution in [2.45, 2.75) is 38.0 Å². The molecule has 3 nitrogen and oxygen atoms in total. The fourth-order valence-electron chi connectivity index (χ4n) is 2.70. The summed E-state index contributed by atoms with van der Waals surface area (Å²) in [7, 11) is 0. The zero-order chi connectivity index (χ0) is 10.9. The molecule has 0 aliphatic carbocycles. The molecule has 0 radical (unpaired) electrons. The monoisotopic (exact) mass is 230 g/mol. The van der Waals surface area contributed by atoms with Gasteiger partial charge in [-0.25, -0.2) is 0 Å². The Morgan fingerprint density at radius 1 is 1.40 bits per heavy atom. The first-order chi connectivity index (χ1) is 7.16. The van der Waals surface area contributed by atoms with E-state index in [0.717, 1.165) is 19.6 Å². The van der Waals surface area contributed by atoms with Gasteiger partial charge in [0, 0.05) is 30.9 Å². The second-order valence-corrected chi connectivity index (χ2v) is 6.00. The van der Waals surface area contributed by atoms with E-state index in [1.54, 1.807) is 0 Å². The van der Waals surface area contributed by atoms with Crippen LogP contribution in [0.4, 0.5) is 0 Å². The van der Waals surface area contributed by atoms with Gasteiger partial charge in [-0.05, 0) is 26.0 Å². The fraction of sp³-hybridized carbons (Fsp3) is 1.00. The maximum atomic E-state index is 5.99.